The molecule has 2 amide bonds. The van der Waals surface area contributed by atoms with Crippen molar-refractivity contribution in [2.24, 2.45) is 0 Å². The molecule has 90 valence electrons. The van der Waals surface area contributed by atoms with Gasteiger partial charge < -0.3 is 14.6 Å². The van der Waals surface area contributed by atoms with Crippen LogP contribution >= 0.6 is 0 Å². The summed E-state index contributed by atoms with van der Waals surface area (Å²) in [6.07, 6.45) is -1.89. The van der Waals surface area contributed by atoms with Crippen LogP contribution in [0.5, 0.6) is 5.75 Å². The van der Waals surface area contributed by atoms with Crippen LogP contribution in [0.3, 0.4) is 0 Å². The van der Waals surface area contributed by atoms with Crippen molar-refractivity contribution in [1.82, 2.24) is 0 Å². The zero-order valence-electron chi connectivity index (χ0n) is 9.12. The van der Waals surface area contributed by atoms with Crippen molar-refractivity contribution in [3.05, 3.63) is 24.3 Å². The fraction of sp³-hybridized carbons (Fsp3) is 0.273. The molecule has 2 rings (SSSR count). The Labute approximate surface area is 97.4 Å². The van der Waals surface area contributed by atoms with Crippen LogP contribution in [0.1, 0.15) is 0 Å². The Bertz CT molecular complexity index is 442. The first-order valence-electron chi connectivity index (χ1n) is 4.97. The number of hydrogen-bond acceptors (Lipinski definition) is 5. The van der Waals surface area contributed by atoms with Crippen LogP contribution in [0.4, 0.5) is 10.5 Å². The normalized spacial score (nSPS) is 19.4. The maximum atomic E-state index is 11.7. The van der Waals surface area contributed by atoms with Gasteiger partial charge in [0.25, 0.3) is 5.91 Å². The highest BCUT2D eigenvalue weighted by Gasteiger charge is 2.41. The van der Waals surface area contributed by atoms with Crippen LogP contribution < -0.4 is 9.64 Å². The summed E-state index contributed by atoms with van der Waals surface area (Å²) < 4.78 is 9.67. The summed E-state index contributed by atoms with van der Waals surface area (Å²) in [5.41, 5.74) is 0.386. The Balaban J connectivity index is 2.27. The van der Waals surface area contributed by atoms with Crippen LogP contribution in [-0.4, -0.2) is 36.9 Å². The van der Waals surface area contributed by atoms with Gasteiger partial charge in [-0.25, -0.2) is 9.69 Å². The minimum atomic E-state index is -1.11. The number of aliphatic hydroxyl groups excluding tert-OH is 1. The predicted molar refractivity (Wildman–Crippen MR) is 57.8 cm³/mol. The van der Waals surface area contributed by atoms with E-state index in [1.54, 1.807) is 24.3 Å². The van der Waals surface area contributed by atoms with E-state index in [2.05, 4.69) is 0 Å². The van der Waals surface area contributed by atoms with E-state index in [1.807, 2.05) is 0 Å². The largest absolute Gasteiger partial charge is 0.497 e. The monoisotopic (exact) mass is 237 g/mol. The molecule has 0 spiro atoms. The Morgan fingerprint density at radius 3 is 2.47 bits per heavy atom. The molecule has 6 heteroatoms. The second kappa shape index (κ2) is 4.42. The van der Waals surface area contributed by atoms with Gasteiger partial charge >= 0.3 is 6.09 Å². The molecule has 1 N–H and O–H groups in total. The highest BCUT2D eigenvalue weighted by Crippen LogP contribution is 2.24. The standard InChI is InChI=1S/C11H11NO5/c1-16-8-4-2-7(3-5-8)12-10(14)9(6-13)17-11(12)15/h2-5,9,13H,6H2,1H3. The molecule has 1 saturated heterocycles. The van der Waals surface area contributed by atoms with E-state index in [4.69, 9.17) is 14.6 Å². The van der Waals surface area contributed by atoms with Crippen molar-refractivity contribution in [2.45, 2.75) is 6.10 Å². The van der Waals surface area contributed by atoms with Crippen molar-refractivity contribution >= 4 is 17.7 Å². The van der Waals surface area contributed by atoms with E-state index < -0.39 is 24.7 Å². The Kier molecular flexibility index (Phi) is 2.97. The lowest BCUT2D eigenvalue weighted by atomic mass is 10.2. The number of cyclic esters (lactones) is 1. The Morgan fingerprint density at radius 1 is 1.35 bits per heavy atom. The fourth-order valence-electron chi connectivity index (χ4n) is 1.54. The predicted octanol–water partition coefficient (Wildman–Crippen LogP) is 0.539. The second-order valence-electron chi connectivity index (χ2n) is 3.43. The molecule has 1 heterocycles. The third-order valence-electron chi connectivity index (χ3n) is 2.42. The number of nitrogens with zero attached hydrogens (tertiary/aromatic N) is 1. The number of methoxy groups -OCH3 is 1. The molecule has 1 fully saturated rings. The van der Waals surface area contributed by atoms with Crippen molar-refractivity contribution < 1.29 is 24.2 Å². The summed E-state index contributed by atoms with van der Waals surface area (Å²) in [6, 6.07) is 6.39. The van der Waals surface area contributed by atoms with Crippen molar-refractivity contribution in [1.29, 1.82) is 0 Å². The number of ether oxygens (including phenoxy) is 2. The Morgan fingerprint density at radius 2 is 2.00 bits per heavy atom. The first kappa shape index (κ1) is 11.4. The van der Waals surface area contributed by atoms with Crippen molar-refractivity contribution in [3.8, 4) is 5.75 Å². The van der Waals surface area contributed by atoms with Crippen molar-refractivity contribution in [2.75, 3.05) is 18.6 Å². The second-order valence-corrected chi connectivity index (χ2v) is 3.43. The van der Waals surface area contributed by atoms with E-state index in [1.165, 1.54) is 7.11 Å². The molecule has 0 saturated carbocycles. The number of carbonyl (C=O) groups excluding carboxylic acids is 2. The van der Waals surface area contributed by atoms with Crippen molar-refractivity contribution in [3.63, 3.8) is 0 Å². The van der Waals surface area contributed by atoms with Crippen LogP contribution in [0, 0.1) is 0 Å². The van der Waals surface area contributed by atoms with Gasteiger partial charge in [0.05, 0.1) is 19.4 Å². The summed E-state index contributed by atoms with van der Waals surface area (Å²) in [6.45, 7) is -0.517. The highest BCUT2D eigenvalue weighted by atomic mass is 16.6. The van der Waals surface area contributed by atoms with Gasteiger partial charge in [0.15, 0.2) is 0 Å². The maximum Gasteiger partial charge on any atom is 0.422 e. The topological polar surface area (TPSA) is 76.1 Å². The van der Waals surface area contributed by atoms with Crippen LogP contribution in [0.2, 0.25) is 0 Å². The summed E-state index contributed by atoms with van der Waals surface area (Å²) in [5.74, 6) is 0.0511. The molecule has 0 aliphatic carbocycles. The van der Waals surface area contributed by atoms with Gasteiger partial charge in [-0.3, -0.25) is 4.79 Å². The zero-order chi connectivity index (χ0) is 12.4. The molecule has 1 aromatic rings. The summed E-state index contributed by atoms with van der Waals surface area (Å²) in [5, 5.41) is 8.86. The van der Waals surface area contributed by atoms with E-state index in [-0.39, 0.29) is 0 Å². The van der Waals surface area contributed by atoms with Gasteiger partial charge in [-0.2, -0.15) is 0 Å². The molecule has 1 aliphatic rings. The molecule has 6 nitrogen and oxygen atoms in total. The molecule has 1 aromatic carbocycles. The molecular weight excluding hydrogens is 226 g/mol. The number of benzene rings is 1. The fourth-order valence-corrected chi connectivity index (χ4v) is 1.54. The van der Waals surface area contributed by atoms with Gasteiger partial charge in [0, 0.05) is 0 Å². The van der Waals surface area contributed by atoms with Gasteiger partial charge in [-0.1, -0.05) is 0 Å². The molecule has 1 aliphatic heterocycles. The quantitative estimate of drug-likeness (QED) is 0.830. The van der Waals surface area contributed by atoms with E-state index in [0.29, 0.717) is 11.4 Å². The minimum absolute atomic E-state index is 0.386. The van der Waals surface area contributed by atoms with Crippen LogP contribution in [-0.2, 0) is 9.53 Å². The SMILES string of the molecule is COc1ccc(N2C(=O)OC(CO)C2=O)cc1. The first-order chi connectivity index (χ1) is 8.17. The van der Waals surface area contributed by atoms with Gasteiger partial charge in [0.1, 0.15) is 5.75 Å². The molecule has 0 aromatic heterocycles. The lowest BCUT2D eigenvalue weighted by Crippen LogP contribution is -2.32. The third kappa shape index (κ3) is 1.94. The lowest BCUT2D eigenvalue weighted by Gasteiger charge is -2.11. The molecule has 1 unspecified atom stereocenters. The highest BCUT2D eigenvalue weighted by molar-refractivity contribution is 6.18. The van der Waals surface area contributed by atoms with Gasteiger partial charge in [0.2, 0.25) is 6.10 Å². The number of hydrogen-bond donors (Lipinski definition) is 1. The molecule has 0 bridgehead atoms. The number of carbonyl (C=O) groups is 2. The number of aliphatic hydroxyl groups is 1. The number of anilines is 1. The van der Waals surface area contributed by atoms with Gasteiger partial charge in [-0.05, 0) is 24.3 Å². The Hall–Kier alpha value is -2.08. The summed E-state index contributed by atoms with van der Waals surface area (Å²) in [7, 11) is 1.52. The first-order valence-corrected chi connectivity index (χ1v) is 4.97. The van der Waals surface area contributed by atoms with E-state index in [9.17, 15) is 9.59 Å². The number of imide groups is 1. The van der Waals surface area contributed by atoms with Crippen LogP contribution in [0.15, 0.2) is 24.3 Å². The molecular formula is C11H11NO5. The smallest absolute Gasteiger partial charge is 0.422 e. The minimum Gasteiger partial charge on any atom is -0.497 e. The summed E-state index contributed by atoms with van der Waals surface area (Å²) in [4.78, 5) is 24.0. The van der Waals surface area contributed by atoms with E-state index >= 15 is 0 Å². The molecule has 0 radical (unpaired) electrons. The molecule has 1 atom stereocenters. The zero-order valence-corrected chi connectivity index (χ0v) is 9.12. The number of rotatable bonds is 3. The summed E-state index contributed by atoms with van der Waals surface area (Å²) >= 11 is 0. The number of amides is 2. The third-order valence-corrected chi connectivity index (χ3v) is 2.42. The lowest BCUT2D eigenvalue weighted by molar-refractivity contribution is -0.123. The average Bonchev–Trinajstić information content (AvgIpc) is 2.64. The van der Waals surface area contributed by atoms with Gasteiger partial charge in [-0.15, -0.1) is 0 Å². The van der Waals surface area contributed by atoms with Crippen LogP contribution in [0.25, 0.3) is 0 Å². The molecule has 17 heavy (non-hydrogen) atoms. The van der Waals surface area contributed by atoms with E-state index in [0.717, 1.165) is 4.90 Å². The maximum absolute atomic E-state index is 11.7. The average molecular weight is 237 g/mol.